The second kappa shape index (κ2) is 8.95. The van der Waals surface area contributed by atoms with E-state index in [4.69, 9.17) is 0 Å². The smallest absolute Gasteiger partial charge is 0.338 e. The molecule has 0 aliphatic carbocycles. The van der Waals surface area contributed by atoms with Crippen LogP contribution in [0.2, 0.25) is 0 Å². The number of carbonyl (C=O) groups is 3. The SMILES string of the molecule is COC(=O)[C@@H](CC(C)C)NC(=O)COC(=O)c1cc(F)cc(F)c1. The molecule has 0 saturated carbocycles. The fourth-order valence-electron chi connectivity index (χ4n) is 1.95. The zero-order valence-electron chi connectivity index (χ0n) is 13.6. The summed E-state index contributed by atoms with van der Waals surface area (Å²) in [6.45, 7) is 3.03. The Bertz CT molecular complexity index is 598. The number of esters is 2. The Balaban J connectivity index is 2.60. The largest absolute Gasteiger partial charge is 0.467 e. The van der Waals surface area contributed by atoms with Gasteiger partial charge in [-0.25, -0.2) is 18.4 Å². The Morgan fingerprint density at radius 3 is 2.21 bits per heavy atom. The lowest BCUT2D eigenvalue weighted by Crippen LogP contribution is -2.44. The number of halogens is 2. The molecule has 0 unspecified atom stereocenters. The van der Waals surface area contributed by atoms with Gasteiger partial charge in [-0.15, -0.1) is 0 Å². The standard InChI is InChI=1S/C16H19F2NO5/c1-9(2)4-13(16(22)23-3)19-14(20)8-24-15(21)10-5-11(17)7-12(18)6-10/h5-7,9,13H,4,8H2,1-3H3,(H,19,20)/t13-/m1/s1. The van der Waals surface area contributed by atoms with Crippen molar-refractivity contribution >= 4 is 17.8 Å². The van der Waals surface area contributed by atoms with E-state index in [0.717, 1.165) is 12.1 Å². The number of nitrogens with one attached hydrogen (secondary N) is 1. The molecule has 0 aliphatic heterocycles. The first-order chi connectivity index (χ1) is 11.2. The minimum Gasteiger partial charge on any atom is -0.467 e. The molecule has 0 saturated heterocycles. The van der Waals surface area contributed by atoms with Gasteiger partial charge >= 0.3 is 11.9 Å². The number of methoxy groups -OCH3 is 1. The number of hydrogen-bond donors (Lipinski definition) is 1. The van der Waals surface area contributed by atoms with Crippen LogP contribution in [-0.2, 0) is 19.1 Å². The van der Waals surface area contributed by atoms with Gasteiger partial charge in [0.15, 0.2) is 6.61 Å². The van der Waals surface area contributed by atoms with Crippen LogP contribution in [0.1, 0.15) is 30.6 Å². The van der Waals surface area contributed by atoms with Gasteiger partial charge in [0.25, 0.3) is 5.91 Å². The minimum atomic E-state index is -1.05. The van der Waals surface area contributed by atoms with Gasteiger partial charge in [0, 0.05) is 6.07 Å². The van der Waals surface area contributed by atoms with Crippen LogP contribution < -0.4 is 5.32 Å². The molecule has 1 N–H and O–H groups in total. The van der Waals surface area contributed by atoms with E-state index >= 15 is 0 Å². The highest BCUT2D eigenvalue weighted by Gasteiger charge is 2.23. The fraction of sp³-hybridized carbons (Fsp3) is 0.438. The maximum Gasteiger partial charge on any atom is 0.338 e. The van der Waals surface area contributed by atoms with E-state index < -0.39 is 42.1 Å². The van der Waals surface area contributed by atoms with Crippen LogP contribution in [-0.4, -0.2) is 37.6 Å². The Morgan fingerprint density at radius 2 is 1.71 bits per heavy atom. The van der Waals surface area contributed by atoms with Crippen molar-refractivity contribution in [3.8, 4) is 0 Å². The van der Waals surface area contributed by atoms with Crippen molar-refractivity contribution in [3.63, 3.8) is 0 Å². The Morgan fingerprint density at radius 1 is 1.12 bits per heavy atom. The summed E-state index contributed by atoms with van der Waals surface area (Å²) in [5, 5.41) is 2.39. The molecular weight excluding hydrogens is 324 g/mol. The number of rotatable bonds is 7. The zero-order chi connectivity index (χ0) is 18.3. The normalized spacial score (nSPS) is 11.8. The first-order valence-electron chi connectivity index (χ1n) is 7.23. The number of ether oxygens (including phenoxy) is 2. The van der Waals surface area contributed by atoms with Gasteiger partial charge in [0.2, 0.25) is 0 Å². The van der Waals surface area contributed by atoms with Gasteiger partial charge in [0.05, 0.1) is 12.7 Å². The lowest BCUT2D eigenvalue weighted by molar-refractivity contribution is -0.145. The topological polar surface area (TPSA) is 81.7 Å². The molecule has 1 aromatic rings. The van der Waals surface area contributed by atoms with Crippen LogP contribution >= 0.6 is 0 Å². The molecule has 24 heavy (non-hydrogen) atoms. The lowest BCUT2D eigenvalue weighted by Gasteiger charge is -2.18. The van der Waals surface area contributed by atoms with Gasteiger partial charge in [0.1, 0.15) is 17.7 Å². The molecule has 1 amide bonds. The summed E-state index contributed by atoms with van der Waals surface area (Å²) in [5.74, 6) is -4.15. The Kier molecular flexibility index (Phi) is 7.29. The van der Waals surface area contributed by atoms with E-state index in [2.05, 4.69) is 14.8 Å². The van der Waals surface area contributed by atoms with Crippen LogP contribution in [0.15, 0.2) is 18.2 Å². The number of hydrogen-bond acceptors (Lipinski definition) is 5. The van der Waals surface area contributed by atoms with Crippen molar-refractivity contribution < 1.29 is 32.6 Å². The first kappa shape index (κ1) is 19.5. The third-order valence-corrected chi connectivity index (χ3v) is 2.96. The highest BCUT2D eigenvalue weighted by Crippen LogP contribution is 2.09. The van der Waals surface area contributed by atoms with Crippen LogP contribution in [0.5, 0.6) is 0 Å². The summed E-state index contributed by atoms with van der Waals surface area (Å²) in [6.07, 6.45) is 0.349. The number of benzene rings is 1. The highest BCUT2D eigenvalue weighted by atomic mass is 19.1. The molecule has 1 atom stereocenters. The van der Waals surface area contributed by atoms with Crippen molar-refractivity contribution in [1.29, 1.82) is 0 Å². The quantitative estimate of drug-likeness (QED) is 0.764. The average molecular weight is 343 g/mol. The second-order valence-electron chi connectivity index (χ2n) is 5.51. The van der Waals surface area contributed by atoms with Crippen LogP contribution in [0, 0.1) is 17.6 Å². The summed E-state index contributed by atoms with van der Waals surface area (Å²) < 4.78 is 35.3. The molecule has 132 valence electrons. The maximum absolute atomic E-state index is 13.0. The summed E-state index contributed by atoms with van der Waals surface area (Å²) in [5.41, 5.74) is -0.355. The number of amides is 1. The van der Waals surface area contributed by atoms with Gasteiger partial charge < -0.3 is 14.8 Å². The summed E-state index contributed by atoms with van der Waals surface area (Å²) >= 11 is 0. The minimum absolute atomic E-state index is 0.118. The number of carbonyl (C=O) groups excluding carboxylic acids is 3. The molecular formula is C16H19F2NO5. The Labute approximate surface area is 138 Å². The molecule has 0 spiro atoms. The summed E-state index contributed by atoms with van der Waals surface area (Å²) in [4.78, 5) is 35.1. The molecule has 0 heterocycles. The monoisotopic (exact) mass is 343 g/mol. The van der Waals surface area contributed by atoms with Crippen LogP contribution in [0.4, 0.5) is 8.78 Å². The van der Waals surface area contributed by atoms with Gasteiger partial charge in [-0.05, 0) is 24.5 Å². The molecule has 1 rings (SSSR count). The van der Waals surface area contributed by atoms with E-state index in [1.165, 1.54) is 7.11 Å². The predicted octanol–water partition coefficient (Wildman–Crippen LogP) is 1.83. The van der Waals surface area contributed by atoms with E-state index in [1.807, 2.05) is 13.8 Å². The van der Waals surface area contributed by atoms with Crippen molar-refractivity contribution in [2.24, 2.45) is 5.92 Å². The molecule has 1 aromatic carbocycles. The summed E-state index contributed by atoms with van der Waals surface area (Å²) in [7, 11) is 1.19. The van der Waals surface area contributed by atoms with Crippen LogP contribution in [0.25, 0.3) is 0 Å². The van der Waals surface area contributed by atoms with E-state index in [0.29, 0.717) is 12.5 Å². The van der Waals surface area contributed by atoms with E-state index in [9.17, 15) is 23.2 Å². The third-order valence-electron chi connectivity index (χ3n) is 2.96. The van der Waals surface area contributed by atoms with Crippen molar-refractivity contribution in [2.75, 3.05) is 13.7 Å². The van der Waals surface area contributed by atoms with Crippen molar-refractivity contribution in [2.45, 2.75) is 26.3 Å². The maximum atomic E-state index is 13.0. The zero-order valence-corrected chi connectivity index (χ0v) is 13.6. The van der Waals surface area contributed by atoms with E-state index in [-0.39, 0.29) is 11.5 Å². The highest BCUT2D eigenvalue weighted by molar-refractivity contribution is 5.92. The lowest BCUT2D eigenvalue weighted by atomic mass is 10.0. The van der Waals surface area contributed by atoms with Crippen molar-refractivity contribution in [1.82, 2.24) is 5.32 Å². The first-order valence-corrected chi connectivity index (χ1v) is 7.23. The molecule has 8 heteroatoms. The van der Waals surface area contributed by atoms with Gasteiger partial charge in [-0.2, -0.15) is 0 Å². The molecule has 0 radical (unpaired) electrons. The predicted molar refractivity (Wildman–Crippen MR) is 80.0 cm³/mol. The van der Waals surface area contributed by atoms with Gasteiger partial charge in [-0.1, -0.05) is 13.8 Å². The Hall–Kier alpha value is -2.51. The molecule has 0 aromatic heterocycles. The molecule has 0 aliphatic rings. The summed E-state index contributed by atoms with van der Waals surface area (Å²) in [6, 6.07) is 1.32. The van der Waals surface area contributed by atoms with Gasteiger partial charge in [-0.3, -0.25) is 4.79 Å². The van der Waals surface area contributed by atoms with E-state index in [1.54, 1.807) is 0 Å². The second-order valence-corrected chi connectivity index (χ2v) is 5.51. The van der Waals surface area contributed by atoms with Crippen LogP contribution in [0.3, 0.4) is 0 Å². The third kappa shape index (κ3) is 6.31. The molecule has 6 nitrogen and oxygen atoms in total. The van der Waals surface area contributed by atoms with Crippen molar-refractivity contribution in [3.05, 3.63) is 35.4 Å². The molecule has 0 fully saturated rings. The average Bonchev–Trinajstić information content (AvgIpc) is 2.49. The molecule has 0 bridgehead atoms. The fourth-order valence-corrected chi connectivity index (χ4v) is 1.95.